The molecule has 2 aromatic rings. The summed E-state index contributed by atoms with van der Waals surface area (Å²) in [6.45, 7) is 1.93. The Morgan fingerprint density at radius 1 is 1.04 bits per heavy atom. The van der Waals surface area contributed by atoms with Crippen LogP contribution in [-0.2, 0) is 11.3 Å². The van der Waals surface area contributed by atoms with Gasteiger partial charge in [0, 0.05) is 17.1 Å². The number of halogens is 1. The fourth-order valence-corrected chi connectivity index (χ4v) is 2.41. The topological polar surface area (TPSA) is 76.7 Å². The highest BCUT2D eigenvalue weighted by atomic mass is 35.5. The zero-order chi connectivity index (χ0) is 19.1. The van der Waals surface area contributed by atoms with Gasteiger partial charge in [-0.2, -0.15) is 0 Å². The van der Waals surface area contributed by atoms with Crippen LogP contribution in [0.3, 0.4) is 0 Å². The molecule has 0 bridgehead atoms. The lowest BCUT2D eigenvalue weighted by Gasteiger charge is -2.15. The van der Waals surface area contributed by atoms with Gasteiger partial charge in [0.2, 0.25) is 5.91 Å². The van der Waals surface area contributed by atoms with Gasteiger partial charge in [-0.15, -0.1) is 0 Å². The van der Waals surface area contributed by atoms with Crippen LogP contribution in [0.2, 0.25) is 5.02 Å². The van der Waals surface area contributed by atoms with Crippen LogP contribution in [0.1, 0.15) is 22.8 Å². The third-order valence-electron chi connectivity index (χ3n) is 3.76. The van der Waals surface area contributed by atoms with E-state index in [0.29, 0.717) is 28.6 Å². The van der Waals surface area contributed by atoms with Crippen molar-refractivity contribution in [1.29, 1.82) is 0 Å². The van der Waals surface area contributed by atoms with Crippen molar-refractivity contribution in [3.63, 3.8) is 0 Å². The first-order valence-corrected chi connectivity index (χ1v) is 8.37. The average molecular weight is 377 g/mol. The summed E-state index contributed by atoms with van der Waals surface area (Å²) >= 11 is 5.80. The lowest BCUT2D eigenvalue weighted by atomic mass is 10.2. The minimum absolute atomic E-state index is 0.290. The van der Waals surface area contributed by atoms with E-state index in [9.17, 15) is 9.59 Å². The van der Waals surface area contributed by atoms with E-state index in [1.807, 2.05) is 6.07 Å². The average Bonchev–Trinajstić information content (AvgIpc) is 2.66. The standard InChI is InChI=1S/C19H21ClN2O4/c1-12(22-19(24)14-5-7-15(20)8-6-14)18(23)21-11-13-4-9-16(25-2)17(10-13)26-3/h4-10,12H,11H2,1-3H3,(H,21,23)(H,22,24). The second kappa shape index (κ2) is 9.10. The molecule has 1 unspecified atom stereocenters. The molecule has 0 aliphatic carbocycles. The molecule has 2 amide bonds. The summed E-state index contributed by atoms with van der Waals surface area (Å²) < 4.78 is 10.4. The molecule has 2 aromatic carbocycles. The Hall–Kier alpha value is -2.73. The van der Waals surface area contributed by atoms with Gasteiger partial charge in [-0.05, 0) is 48.9 Å². The Labute approximate surface area is 157 Å². The van der Waals surface area contributed by atoms with Gasteiger partial charge in [0.25, 0.3) is 5.91 Å². The van der Waals surface area contributed by atoms with Gasteiger partial charge in [0.1, 0.15) is 6.04 Å². The van der Waals surface area contributed by atoms with Crippen molar-refractivity contribution in [3.05, 3.63) is 58.6 Å². The molecular formula is C19H21ClN2O4. The number of benzene rings is 2. The summed E-state index contributed by atoms with van der Waals surface area (Å²) in [5.74, 6) is 0.576. The molecule has 0 saturated carbocycles. The Morgan fingerprint density at radius 3 is 2.31 bits per heavy atom. The van der Waals surface area contributed by atoms with Crippen molar-refractivity contribution in [1.82, 2.24) is 10.6 Å². The highest BCUT2D eigenvalue weighted by molar-refractivity contribution is 6.30. The van der Waals surface area contributed by atoms with E-state index >= 15 is 0 Å². The quantitative estimate of drug-likeness (QED) is 0.779. The summed E-state index contributed by atoms with van der Waals surface area (Å²) in [6, 6.07) is 11.2. The molecule has 0 spiro atoms. The van der Waals surface area contributed by atoms with E-state index in [1.54, 1.807) is 57.5 Å². The number of rotatable bonds is 7. The normalized spacial score (nSPS) is 11.4. The van der Waals surface area contributed by atoms with Crippen LogP contribution in [0, 0.1) is 0 Å². The lowest BCUT2D eigenvalue weighted by molar-refractivity contribution is -0.122. The summed E-state index contributed by atoms with van der Waals surface area (Å²) in [4.78, 5) is 24.3. The van der Waals surface area contributed by atoms with Crippen molar-refractivity contribution in [2.75, 3.05) is 14.2 Å². The molecule has 0 saturated heterocycles. The third kappa shape index (κ3) is 5.13. The van der Waals surface area contributed by atoms with Crippen molar-refractivity contribution < 1.29 is 19.1 Å². The Morgan fingerprint density at radius 2 is 1.69 bits per heavy atom. The summed E-state index contributed by atoms with van der Waals surface area (Å²) in [7, 11) is 3.11. The second-order valence-electron chi connectivity index (χ2n) is 5.61. The van der Waals surface area contributed by atoms with Crippen LogP contribution in [0.25, 0.3) is 0 Å². The van der Waals surface area contributed by atoms with Gasteiger partial charge in [-0.25, -0.2) is 0 Å². The van der Waals surface area contributed by atoms with Crippen molar-refractivity contribution in [2.45, 2.75) is 19.5 Å². The first-order valence-electron chi connectivity index (χ1n) is 7.99. The first kappa shape index (κ1) is 19.6. The number of hydrogen-bond donors (Lipinski definition) is 2. The SMILES string of the molecule is COc1ccc(CNC(=O)C(C)NC(=O)c2ccc(Cl)cc2)cc1OC. The Balaban J connectivity index is 1.90. The zero-order valence-corrected chi connectivity index (χ0v) is 15.6. The summed E-state index contributed by atoms with van der Waals surface area (Å²) in [5.41, 5.74) is 1.29. The predicted octanol–water partition coefficient (Wildman–Crippen LogP) is 2.79. The van der Waals surface area contributed by atoms with Gasteiger partial charge in [0.05, 0.1) is 14.2 Å². The van der Waals surface area contributed by atoms with Crippen LogP contribution >= 0.6 is 11.6 Å². The van der Waals surface area contributed by atoms with Crippen LogP contribution in [0.4, 0.5) is 0 Å². The number of nitrogens with one attached hydrogen (secondary N) is 2. The first-order chi connectivity index (χ1) is 12.4. The van der Waals surface area contributed by atoms with Crippen LogP contribution in [0.5, 0.6) is 11.5 Å². The second-order valence-corrected chi connectivity index (χ2v) is 6.05. The van der Waals surface area contributed by atoms with Crippen molar-refractivity contribution >= 4 is 23.4 Å². The molecule has 2 rings (SSSR count). The van der Waals surface area contributed by atoms with E-state index in [0.717, 1.165) is 5.56 Å². The fraction of sp³-hybridized carbons (Fsp3) is 0.263. The summed E-state index contributed by atoms with van der Waals surface area (Å²) in [5, 5.41) is 5.98. The molecule has 2 N–H and O–H groups in total. The molecule has 6 nitrogen and oxygen atoms in total. The molecule has 1 atom stereocenters. The van der Waals surface area contributed by atoms with Gasteiger partial charge >= 0.3 is 0 Å². The van der Waals surface area contributed by atoms with Gasteiger partial charge in [-0.3, -0.25) is 9.59 Å². The molecule has 0 fully saturated rings. The number of carbonyl (C=O) groups is 2. The smallest absolute Gasteiger partial charge is 0.251 e. The Bertz CT molecular complexity index is 778. The summed E-state index contributed by atoms with van der Waals surface area (Å²) in [6.07, 6.45) is 0. The fourth-order valence-electron chi connectivity index (χ4n) is 2.28. The molecule has 0 aliphatic rings. The maximum atomic E-state index is 12.2. The lowest BCUT2D eigenvalue weighted by Crippen LogP contribution is -2.44. The number of carbonyl (C=O) groups excluding carboxylic acids is 2. The predicted molar refractivity (Wildman–Crippen MR) is 99.8 cm³/mol. The maximum Gasteiger partial charge on any atom is 0.251 e. The van der Waals surface area contributed by atoms with E-state index in [-0.39, 0.29) is 11.8 Å². The van der Waals surface area contributed by atoms with Gasteiger partial charge in [-0.1, -0.05) is 17.7 Å². The molecule has 0 radical (unpaired) electrons. The molecular weight excluding hydrogens is 356 g/mol. The van der Waals surface area contributed by atoms with E-state index in [2.05, 4.69) is 10.6 Å². The molecule has 26 heavy (non-hydrogen) atoms. The van der Waals surface area contributed by atoms with E-state index < -0.39 is 6.04 Å². The number of ether oxygens (including phenoxy) is 2. The van der Waals surface area contributed by atoms with Crippen molar-refractivity contribution in [3.8, 4) is 11.5 Å². The van der Waals surface area contributed by atoms with Gasteiger partial charge < -0.3 is 20.1 Å². The van der Waals surface area contributed by atoms with E-state index in [4.69, 9.17) is 21.1 Å². The van der Waals surface area contributed by atoms with E-state index in [1.165, 1.54) is 0 Å². The molecule has 0 aromatic heterocycles. The molecule has 0 heterocycles. The minimum Gasteiger partial charge on any atom is -0.493 e. The molecule has 138 valence electrons. The molecule has 7 heteroatoms. The highest BCUT2D eigenvalue weighted by Crippen LogP contribution is 2.27. The molecule has 0 aliphatic heterocycles. The third-order valence-corrected chi connectivity index (χ3v) is 4.01. The largest absolute Gasteiger partial charge is 0.493 e. The van der Waals surface area contributed by atoms with Crippen molar-refractivity contribution in [2.24, 2.45) is 0 Å². The Kier molecular flexibility index (Phi) is 6.86. The highest BCUT2D eigenvalue weighted by Gasteiger charge is 2.16. The van der Waals surface area contributed by atoms with Crippen LogP contribution < -0.4 is 20.1 Å². The van der Waals surface area contributed by atoms with Gasteiger partial charge in [0.15, 0.2) is 11.5 Å². The zero-order valence-electron chi connectivity index (χ0n) is 14.8. The minimum atomic E-state index is -0.682. The van der Waals surface area contributed by atoms with Crippen LogP contribution in [0.15, 0.2) is 42.5 Å². The monoisotopic (exact) mass is 376 g/mol. The van der Waals surface area contributed by atoms with Crippen LogP contribution in [-0.4, -0.2) is 32.1 Å². The number of amides is 2. The number of hydrogen-bond acceptors (Lipinski definition) is 4. The maximum absolute atomic E-state index is 12.2. The number of methoxy groups -OCH3 is 2.